The molecule has 5 heteroatoms. The summed E-state index contributed by atoms with van der Waals surface area (Å²) in [6.07, 6.45) is 1.34. The van der Waals surface area contributed by atoms with Gasteiger partial charge in [-0.3, -0.25) is 4.79 Å². The Morgan fingerprint density at radius 1 is 1.33 bits per heavy atom. The highest BCUT2D eigenvalue weighted by molar-refractivity contribution is 6.29. The average molecular weight is 265 g/mol. The Labute approximate surface area is 109 Å². The molecule has 2 rings (SSSR count). The Balaban J connectivity index is 2.21. The fourth-order valence-corrected chi connectivity index (χ4v) is 1.55. The molecule has 0 atom stereocenters. The first-order valence-corrected chi connectivity index (χ1v) is 5.63. The van der Waals surface area contributed by atoms with Crippen LogP contribution in [0.4, 0.5) is 10.1 Å². The zero-order valence-corrected chi connectivity index (χ0v) is 10.3. The zero-order valence-electron chi connectivity index (χ0n) is 9.58. The Hall–Kier alpha value is -1.94. The normalized spacial score (nSPS) is 10.2. The topological polar surface area (TPSA) is 42.0 Å². The van der Waals surface area contributed by atoms with E-state index in [-0.39, 0.29) is 5.69 Å². The standard InChI is InChI=1S/C13H10ClFN2O/c1-8-2-4-10(15)11(6-8)17-13(18)9-3-5-12(14)16-7-9/h2-7H,1H3,(H,17,18). The number of pyridine rings is 1. The number of hydrogen-bond acceptors (Lipinski definition) is 2. The van der Waals surface area contributed by atoms with Crippen LogP contribution in [-0.2, 0) is 0 Å². The summed E-state index contributed by atoms with van der Waals surface area (Å²) in [5.74, 6) is -0.903. The summed E-state index contributed by atoms with van der Waals surface area (Å²) in [4.78, 5) is 15.6. The van der Waals surface area contributed by atoms with E-state index in [4.69, 9.17) is 11.6 Å². The molecule has 0 bridgehead atoms. The molecule has 0 unspecified atom stereocenters. The summed E-state index contributed by atoms with van der Waals surface area (Å²) in [7, 11) is 0. The van der Waals surface area contributed by atoms with Gasteiger partial charge >= 0.3 is 0 Å². The van der Waals surface area contributed by atoms with Gasteiger partial charge < -0.3 is 5.32 Å². The molecule has 0 aliphatic carbocycles. The van der Waals surface area contributed by atoms with Crippen molar-refractivity contribution in [1.82, 2.24) is 4.98 Å². The highest BCUT2D eigenvalue weighted by Crippen LogP contribution is 2.16. The van der Waals surface area contributed by atoms with Crippen molar-refractivity contribution >= 4 is 23.2 Å². The molecule has 0 saturated heterocycles. The van der Waals surface area contributed by atoms with Crippen LogP contribution >= 0.6 is 11.6 Å². The van der Waals surface area contributed by atoms with Gasteiger partial charge in [-0.05, 0) is 36.8 Å². The summed E-state index contributed by atoms with van der Waals surface area (Å²) < 4.78 is 13.5. The zero-order chi connectivity index (χ0) is 13.1. The molecule has 1 aromatic heterocycles. The number of nitrogens with one attached hydrogen (secondary N) is 1. The number of hydrogen-bond donors (Lipinski definition) is 1. The minimum absolute atomic E-state index is 0.148. The number of anilines is 1. The smallest absolute Gasteiger partial charge is 0.257 e. The summed E-state index contributed by atoms with van der Waals surface area (Å²) in [6, 6.07) is 7.54. The van der Waals surface area contributed by atoms with Crippen LogP contribution in [0.5, 0.6) is 0 Å². The number of rotatable bonds is 2. The number of benzene rings is 1. The van der Waals surface area contributed by atoms with Crippen LogP contribution in [0.15, 0.2) is 36.5 Å². The predicted molar refractivity (Wildman–Crippen MR) is 68.3 cm³/mol. The third-order valence-electron chi connectivity index (χ3n) is 2.36. The molecule has 0 spiro atoms. The molecule has 0 aliphatic heterocycles. The van der Waals surface area contributed by atoms with Gasteiger partial charge in [0.2, 0.25) is 0 Å². The minimum Gasteiger partial charge on any atom is -0.319 e. The molecular weight excluding hydrogens is 255 g/mol. The number of amides is 1. The van der Waals surface area contributed by atoms with Gasteiger partial charge in [-0.1, -0.05) is 17.7 Å². The third kappa shape index (κ3) is 2.84. The van der Waals surface area contributed by atoms with Crippen LogP contribution in [0.3, 0.4) is 0 Å². The fourth-order valence-electron chi connectivity index (χ4n) is 1.44. The first-order chi connectivity index (χ1) is 8.56. The molecule has 0 aliphatic rings. The SMILES string of the molecule is Cc1ccc(F)c(NC(=O)c2ccc(Cl)nc2)c1. The van der Waals surface area contributed by atoms with Crippen molar-refractivity contribution in [3.8, 4) is 0 Å². The van der Waals surface area contributed by atoms with Crippen molar-refractivity contribution in [2.24, 2.45) is 0 Å². The van der Waals surface area contributed by atoms with E-state index in [1.165, 1.54) is 24.4 Å². The average Bonchev–Trinajstić information content (AvgIpc) is 2.34. The maximum absolute atomic E-state index is 13.5. The molecule has 1 aromatic carbocycles. The lowest BCUT2D eigenvalue weighted by Crippen LogP contribution is -2.13. The quantitative estimate of drug-likeness (QED) is 0.845. The van der Waals surface area contributed by atoms with Crippen LogP contribution in [0.2, 0.25) is 5.15 Å². The second kappa shape index (κ2) is 5.14. The van der Waals surface area contributed by atoms with Gasteiger partial charge in [-0.2, -0.15) is 0 Å². The van der Waals surface area contributed by atoms with E-state index in [0.29, 0.717) is 10.7 Å². The van der Waals surface area contributed by atoms with E-state index >= 15 is 0 Å². The van der Waals surface area contributed by atoms with E-state index in [1.807, 2.05) is 6.92 Å². The minimum atomic E-state index is -0.476. The number of halogens is 2. The van der Waals surface area contributed by atoms with Gasteiger partial charge in [-0.15, -0.1) is 0 Å². The van der Waals surface area contributed by atoms with E-state index in [9.17, 15) is 9.18 Å². The van der Waals surface area contributed by atoms with E-state index in [1.54, 1.807) is 12.1 Å². The molecule has 0 radical (unpaired) electrons. The Bertz CT molecular complexity index is 584. The van der Waals surface area contributed by atoms with Crippen LogP contribution < -0.4 is 5.32 Å². The number of aryl methyl sites for hydroxylation is 1. The largest absolute Gasteiger partial charge is 0.319 e. The van der Waals surface area contributed by atoms with Crippen LogP contribution in [-0.4, -0.2) is 10.9 Å². The Kier molecular flexibility index (Phi) is 3.58. The molecule has 18 heavy (non-hydrogen) atoms. The van der Waals surface area contributed by atoms with Crippen molar-refractivity contribution in [1.29, 1.82) is 0 Å². The van der Waals surface area contributed by atoms with E-state index in [2.05, 4.69) is 10.3 Å². The van der Waals surface area contributed by atoms with Gasteiger partial charge in [0.25, 0.3) is 5.91 Å². The summed E-state index contributed by atoms with van der Waals surface area (Å²) >= 11 is 5.62. The molecular formula is C13H10ClFN2O. The van der Waals surface area contributed by atoms with Gasteiger partial charge in [0.1, 0.15) is 11.0 Å². The van der Waals surface area contributed by atoms with Gasteiger partial charge in [-0.25, -0.2) is 9.37 Å². The second-order valence-corrected chi connectivity index (χ2v) is 4.19. The maximum Gasteiger partial charge on any atom is 0.257 e. The third-order valence-corrected chi connectivity index (χ3v) is 2.58. The van der Waals surface area contributed by atoms with Crippen molar-refractivity contribution in [2.75, 3.05) is 5.32 Å². The summed E-state index contributed by atoms with van der Waals surface area (Å²) in [5, 5.41) is 2.79. The molecule has 1 heterocycles. The molecule has 92 valence electrons. The lowest BCUT2D eigenvalue weighted by atomic mass is 10.2. The van der Waals surface area contributed by atoms with Crippen molar-refractivity contribution in [2.45, 2.75) is 6.92 Å². The highest BCUT2D eigenvalue weighted by Gasteiger charge is 2.09. The van der Waals surface area contributed by atoms with Crippen molar-refractivity contribution in [3.05, 3.63) is 58.6 Å². The number of nitrogens with zero attached hydrogens (tertiary/aromatic N) is 1. The van der Waals surface area contributed by atoms with E-state index in [0.717, 1.165) is 5.56 Å². The lowest BCUT2D eigenvalue weighted by molar-refractivity contribution is 0.102. The monoisotopic (exact) mass is 264 g/mol. The van der Waals surface area contributed by atoms with Gasteiger partial charge in [0, 0.05) is 6.20 Å². The first-order valence-electron chi connectivity index (χ1n) is 5.25. The fraction of sp³-hybridized carbons (Fsp3) is 0.0769. The number of aromatic nitrogens is 1. The first kappa shape index (κ1) is 12.5. The van der Waals surface area contributed by atoms with Crippen LogP contribution in [0.1, 0.15) is 15.9 Å². The molecule has 1 amide bonds. The maximum atomic E-state index is 13.5. The molecule has 1 N–H and O–H groups in total. The molecule has 3 nitrogen and oxygen atoms in total. The molecule has 0 saturated carbocycles. The lowest BCUT2D eigenvalue weighted by Gasteiger charge is -2.07. The number of carbonyl (C=O) groups is 1. The number of carbonyl (C=O) groups excluding carboxylic acids is 1. The van der Waals surface area contributed by atoms with Crippen LogP contribution in [0.25, 0.3) is 0 Å². The van der Waals surface area contributed by atoms with Gasteiger partial charge in [0.15, 0.2) is 0 Å². The summed E-state index contributed by atoms with van der Waals surface area (Å²) in [5.41, 5.74) is 1.33. The predicted octanol–water partition coefficient (Wildman–Crippen LogP) is 3.43. The van der Waals surface area contributed by atoms with Gasteiger partial charge in [0.05, 0.1) is 11.3 Å². The van der Waals surface area contributed by atoms with Crippen molar-refractivity contribution in [3.63, 3.8) is 0 Å². The Morgan fingerprint density at radius 3 is 2.78 bits per heavy atom. The van der Waals surface area contributed by atoms with Crippen LogP contribution in [0, 0.1) is 12.7 Å². The second-order valence-electron chi connectivity index (χ2n) is 3.81. The molecule has 0 fully saturated rings. The Morgan fingerprint density at radius 2 is 2.11 bits per heavy atom. The summed E-state index contributed by atoms with van der Waals surface area (Å²) in [6.45, 7) is 1.82. The highest BCUT2D eigenvalue weighted by atomic mass is 35.5. The van der Waals surface area contributed by atoms with Crippen molar-refractivity contribution < 1.29 is 9.18 Å². The van der Waals surface area contributed by atoms with E-state index < -0.39 is 11.7 Å². The molecule has 2 aromatic rings.